The number of unbranched alkanes of at least 4 members (excludes halogenated alkanes) is 20. The number of phosphoric acid groups is 1. The molecule has 3 unspecified atom stereocenters. The Morgan fingerprint density at radius 3 is 1.57 bits per heavy atom. The van der Waals surface area contributed by atoms with Gasteiger partial charge >= 0.3 is 7.82 Å². The molecule has 0 aromatic rings. The van der Waals surface area contributed by atoms with Crippen molar-refractivity contribution >= 4 is 13.7 Å². The van der Waals surface area contributed by atoms with Gasteiger partial charge in [-0.2, -0.15) is 0 Å². The fourth-order valence-corrected chi connectivity index (χ4v) is 7.18. The molecule has 0 radical (unpaired) electrons. The highest BCUT2D eigenvalue weighted by Gasteiger charge is 2.28. The first-order chi connectivity index (χ1) is 27.0. The van der Waals surface area contributed by atoms with Crippen LogP contribution in [0.3, 0.4) is 0 Å². The molecule has 0 aromatic heterocycles. The van der Waals surface area contributed by atoms with Gasteiger partial charge in [0.05, 0.1) is 39.9 Å². The Morgan fingerprint density at radius 2 is 1.07 bits per heavy atom. The van der Waals surface area contributed by atoms with Gasteiger partial charge in [0.15, 0.2) is 0 Å². The van der Waals surface area contributed by atoms with E-state index in [9.17, 15) is 19.4 Å². The predicted molar refractivity (Wildman–Crippen MR) is 240 cm³/mol. The minimum absolute atomic E-state index is 0.0723. The lowest BCUT2D eigenvalue weighted by Gasteiger charge is -2.26. The molecule has 0 aromatic carbocycles. The summed E-state index contributed by atoms with van der Waals surface area (Å²) in [6.07, 6.45) is 48.5. The quantitative estimate of drug-likeness (QED) is 0.0246. The molecule has 0 aliphatic rings. The Bertz CT molecular complexity index is 1050. The maximum absolute atomic E-state index is 12.9. The standard InChI is InChI=1S/C47H89N2O6P/c1-6-8-10-12-14-16-18-19-20-21-22-23-24-25-26-27-28-29-31-33-35-37-39-41-47(51)48-45(44-55-56(52,53)54-43-42-49(3,4)5)46(50)40-38-36-34-32-30-17-15-13-11-9-7-2/h8,10,14,16,19-20,22-23,45-46,50H,6-7,9,11-13,15,17-18,21,24-44H2,1-5H3,(H-,48,51,52,53)/p+1/b10-8-,16-14-,20-19-,23-22-. The minimum Gasteiger partial charge on any atom is -0.391 e. The number of rotatable bonds is 41. The molecule has 0 saturated carbocycles. The molecule has 0 spiro atoms. The number of quaternary nitrogens is 1. The van der Waals surface area contributed by atoms with Crippen LogP contribution in [-0.4, -0.2) is 73.4 Å². The summed E-state index contributed by atoms with van der Waals surface area (Å²) in [5, 5.41) is 13.9. The van der Waals surface area contributed by atoms with Crippen LogP contribution in [0.15, 0.2) is 48.6 Å². The Kier molecular flexibility index (Phi) is 37.9. The summed E-state index contributed by atoms with van der Waals surface area (Å²) >= 11 is 0. The molecule has 1 amide bonds. The van der Waals surface area contributed by atoms with Crippen molar-refractivity contribution in [2.24, 2.45) is 0 Å². The summed E-state index contributed by atoms with van der Waals surface area (Å²) in [4.78, 5) is 23.1. The van der Waals surface area contributed by atoms with E-state index in [0.717, 1.165) is 64.2 Å². The fourth-order valence-electron chi connectivity index (χ4n) is 6.45. The Morgan fingerprint density at radius 1 is 0.625 bits per heavy atom. The molecule has 0 fully saturated rings. The number of likely N-dealkylation sites (N-methyl/N-ethyl adjacent to an activating group) is 1. The lowest BCUT2D eigenvalue weighted by atomic mass is 10.0. The molecule has 56 heavy (non-hydrogen) atoms. The van der Waals surface area contributed by atoms with Crippen molar-refractivity contribution < 1.29 is 32.9 Å². The van der Waals surface area contributed by atoms with Crippen molar-refractivity contribution in [2.75, 3.05) is 40.9 Å². The molecule has 0 saturated heterocycles. The summed E-state index contributed by atoms with van der Waals surface area (Å²) in [5.41, 5.74) is 0. The summed E-state index contributed by atoms with van der Waals surface area (Å²) in [5.74, 6) is -0.152. The van der Waals surface area contributed by atoms with Crippen molar-refractivity contribution in [1.82, 2.24) is 5.32 Å². The number of aliphatic hydroxyl groups excluding tert-OH is 1. The van der Waals surface area contributed by atoms with Gasteiger partial charge in [0.1, 0.15) is 13.2 Å². The number of hydrogen-bond donors (Lipinski definition) is 3. The van der Waals surface area contributed by atoms with Crippen LogP contribution < -0.4 is 5.32 Å². The number of aliphatic hydroxyl groups is 1. The summed E-state index contributed by atoms with van der Waals surface area (Å²) < 4.78 is 23.6. The molecule has 3 N–H and O–H groups in total. The van der Waals surface area contributed by atoms with Gasteiger partial charge < -0.3 is 19.8 Å². The van der Waals surface area contributed by atoms with Crippen molar-refractivity contribution in [3.8, 4) is 0 Å². The number of hydrogen-bond acceptors (Lipinski definition) is 5. The third-order valence-electron chi connectivity index (χ3n) is 10.1. The van der Waals surface area contributed by atoms with Crippen LogP contribution in [0.5, 0.6) is 0 Å². The summed E-state index contributed by atoms with van der Waals surface area (Å²) in [6, 6.07) is -0.762. The number of carbonyl (C=O) groups excluding carboxylic acids is 1. The minimum atomic E-state index is -4.31. The number of carbonyl (C=O) groups is 1. The zero-order valence-electron chi connectivity index (χ0n) is 37.1. The molecule has 328 valence electrons. The number of nitrogens with one attached hydrogen (secondary N) is 1. The molecule has 8 nitrogen and oxygen atoms in total. The second-order valence-electron chi connectivity index (χ2n) is 16.8. The van der Waals surface area contributed by atoms with Crippen LogP contribution in [0.2, 0.25) is 0 Å². The SMILES string of the molecule is CC/C=C\C/C=C\C/C=C\C/C=C\CCCCCCCCCCCCC(=O)NC(COP(=O)(O)OCC[N+](C)(C)C)C(O)CCCCCCCCCCCCC. The van der Waals surface area contributed by atoms with Crippen LogP contribution >= 0.6 is 7.82 Å². The highest BCUT2D eigenvalue weighted by molar-refractivity contribution is 7.47. The first kappa shape index (κ1) is 54.5. The van der Waals surface area contributed by atoms with Crippen LogP contribution in [0.1, 0.15) is 194 Å². The summed E-state index contributed by atoms with van der Waals surface area (Å²) in [7, 11) is 1.61. The van der Waals surface area contributed by atoms with E-state index in [-0.39, 0.29) is 19.1 Å². The molecule has 0 bridgehead atoms. The summed E-state index contributed by atoms with van der Waals surface area (Å²) in [6.45, 7) is 4.75. The van der Waals surface area contributed by atoms with Gasteiger partial charge in [0, 0.05) is 6.42 Å². The number of allylic oxidation sites excluding steroid dienone is 8. The van der Waals surface area contributed by atoms with E-state index in [0.29, 0.717) is 23.9 Å². The lowest BCUT2D eigenvalue weighted by molar-refractivity contribution is -0.870. The van der Waals surface area contributed by atoms with Gasteiger partial charge in [-0.1, -0.05) is 184 Å². The third kappa shape index (κ3) is 40.6. The van der Waals surface area contributed by atoms with Gasteiger partial charge in [-0.3, -0.25) is 13.8 Å². The van der Waals surface area contributed by atoms with Crippen LogP contribution in [0.4, 0.5) is 0 Å². The van der Waals surface area contributed by atoms with E-state index < -0.39 is 20.0 Å². The van der Waals surface area contributed by atoms with Crippen molar-refractivity contribution in [2.45, 2.75) is 206 Å². The predicted octanol–water partition coefficient (Wildman–Crippen LogP) is 12.9. The average molecular weight is 810 g/mol. The number of phosphoric ester groups is 1. The number of amides is 1. The smallest absolute Gasteiger partial charge is 0.391 e. The highest BCUT2D eigenvalue weighted by atomic mass is 31.2. The van der Waals surface area contributed by atoms with E-state index in [4.69, 9.17) is 9.05 Å². The molecule has 0 rings (SSSR count). The second-order valence-corrected chi connectivity index (χ2v) is 18.2. The molecular formula is C47H90N2O6P+. The van der Waals surface area contributed by atoms with Gasteiger partial charge in [0.25, 0.3) is 0 Å². The van der Waals surface area contributed by atoms with Crippen LogP contribution in [0, 0.1) is 0 Å². The topological polar surface area (TPSA) is 105 Å². The Balaban J connectivity index is 4.25. The van der Waals surface area contributed by atoms with Crippen LogP contribution in [-0.2, 0) is 18.4 Å². The van der Waals surface area contributed by atoms with Gasteiger partial charge in [-0.25, -0.2) is 4.57 Å². The lowest BCUT2D eigenvalue weighted by Crippen LogP contribution is -2.46. The van der Waals surface area contributed by atoms with Gasteiger partial charge in [-0.05, 0) is 51.4 Å². The van der Waals surface area contributed by atoms with Crippen LogP contribution in [0.25, 0.3) is 0 Å². The normalized spacial score (nSPS) is 14.8. The maximum atomic E-state index is 12.9. The monoisotopic (exact) mass is 810 g/mol. The van der Waals surface area contributed by atoms with E-state index in [1.54, 1.807) is 0 Å². The second kappa shape index (κ2) is 38.9. The molecule has 0 aliphatic heterocycles. The molecule has 3 atom stereocenters. The van der Waals surface area contributed by atoms with E-state index in [2.05, 4.69) is 67.8 Å². The van der Waals surface area contributed by atoms with E-state index in [1.807, 2.05) is 21.1 Å². The van der Waals surface area contributed by atoms with Crippen molar-refractivity contribution in [3.63, 3.8) is 0 Å². The first-order valence-electron chi connectivity index (χ1n) is 23.0. The largest absolute Gasteiger partial charge is 0.472 e. The Hall–Kier alpha value is -1.54. The molecule has 9 heteroatoms. The third-order valence-corrected chi connectivity index (χ3v) is 11.1. The molecule has 0 heterocycles. The number of nitrogens with zero attached hydrogens (tertiary/aromatic N) is 1. The fraction of sp³-hybridized carbons (Fsp3) is 0.809. The zero-order chi connectivity index (χ0) is 41.4. The first-order valence-corrected chi connectivity index (χ1v) is 24.5. The van der Waals surface area contributed by atoms with Crippen molar-refractivity contribution in [3.05, 3.63) is 48.6 Å². The van der Waals surface area contributed by atoms with Crippen molar-refractivity contribution in [1.29, 1.82) is 0 Å². The van der Waals surface area contributed by atoms with Gasteiger partial charge in [-0.15, -0.1) is 0 Å². The zero-order valence-corrected chi connectivity index (χ0v) is 38.0. The highest BCUT2D eigenvalue weighted by Crippen LogP contribution is 2.43. The molecular weight excluding hydrogens is 719 g/mol. The maximum Gasteiger partial charge on any atom is 0.472 e. The average Bonchev–Trinajstić information content (AvgIpc) is 3.15. The van der Waals surface area contributed by atoms with E-state index >= 15 is 0 Å². The Labute approximate surface area is 346 Å². The van der Waals surface area contributed by atoms with E-state index in [1.165, 1.54) is 103 Å². The molecule has 0 aliphatic carbocycles. The van der Waals surface area contributed by atoms with Gasteiger partial charge in [0.2, 0.25) is 5.91 Å².